The van der Waals surface area contributed by atoms with Gasteiger partial charge in [0.15, 0.2) is 0 Å². The molecule has 0 radical (unpaired) electrons. The van der Waals surface area contributed by atoms with Crippen LogP contribution in [0.3, 0.4) is 0 Å². The lowest BCUT2D eigenvalue weighted by Gasteiger charge is -2.24. The van der Waals surface area contributed by atoms with Crippen LogP contribution < -0.4 is 11.2 Å². The molecule has 0 atom stereocenters. The quantitative estimate of drug-likeness (QED) is 0.516. The van der Waals surface area contributed by atoms with Crippen molar-refractivity contribution in [2.24, 2.45) is 0 Å². The van der Waals surface area contributed by atoms with E-state index in [9.17, 15) is 9.59 Å². The zero-order valence-electron chi connectivity index (χ0n) is 15.9. The lowest BCUT2D eigenvalue weighted by molar-refractivity contribution is 0.420. The third kappa shape index (κ3) is 3.55. The Morgan fingerprint density at radius 1 is 1.03 bits per heavy atom. The molecular weight excluding hydrogens is 429 g/mol. The lowest BCUT2D eigenvalue weighted by Crippen LogP contribution is -2.30. The molecule has 0 aliphatic rings. The summed E-state index contributed by atoms with van der Waals surface area (Å²) in [4.78, 5) is 25.4. The van der Waals surface area contributed by atoms with Crippen molar-refractivity contribution in [3.8, 4) is 17.1 Å². The number of H-pyrrole nitrogens is 1. The first-order valence-corrected chi connectivity index (χ1v) is 9.61. The smallest absolute Gasteiger partial charge is 0.349 e. The molecule has 0 aliphatic heterocycles. The summed E-state index contributed by atoms with van der Waals surface area (Å²) < 4.78 is 6.90. The molecule has 0 saturated heterocycles. The Kier molecular flexibility index (Phi) is 5.05. The van der Waals surface area contributed by atoms with E-state index in [1.54, 1.807) is 0 Å². The average Bonchev–Trinajstić information content (AvgIpc) is 3.19. The zero-order chi connectivity index (χ0) is 21.5. The highest BCUT2D eigenvalue weighted by molar-refractivity contribution is 6.36. The van der Waals surface area contributed by atoms with Gasteiger partial charge in [-0.2, -0.15) is 9.78 Å². The maximum Gasteiger partial charge on any atom is 0.349 e. The van der Waals surface area contributed by atoms with Crippen LogP contribution >= 0.6 is 23.2 Å². The Morgan fingerprint density at radius 2 is 1.70 bits per heavy atom. The van der Waals surface area contributed by atoms with Gasteiger partial charge in [-0.05, 0) is 38.1 Å². The van der Waals surface area contributed by atoms with Gasteiger partial charge in [0, 0.05) is 21.2 Å². The lowest BCUT2D eigenvalue weighted by atomic mass is 9.84. The van der Waals surface area contributed by atoms with Crippen molar-refractivity contribution in [3.05, 3.63) is 91.0 Å². The van der Waals surface area contributed by atoms with Gasteiger partial charge in [-0.1, -0.05) is 41.4 Å². The summed E-state index contributed by atoms with van der Waals surface area (Å²) in [6.07, 6.45) is 0.991. The first-order valence-electron chi connectivity index (χ1n) is 8.85. The molecule has 1 N–H and O–H groups in total. The predicted molar refractivity (Wildman–Crippen MR) is 112 cm³/mol. The summed E-state index contributed by atoms with van der Waals surface area (Å²) >= 11 is 13.1. The second-order valence-electron chi connectivity index (χ2n) is 7.04. The Bertz CT molecular complexity index is 1320. The van der Waals surface area contributed by atoms with Gasteiger partial charge in [-0.3, -0.25) is 9.78 Å². The fourth-order valence-corrected chi connectivity index (χ4v) is 4.04. The van der Waals surface area contributed by atoms with Gasteiger partial charge in [0.1, 0.15) is 6.20 Å². The molecule has 10 heteroatoms. The molecule has 2 aromatic heterocycles. The molecule has 8 nitrogen and oxygen atoms in total. The molecule has 4 rings (SSSR count). The minimum atomic E-state index is -0.823. The minimum Gasteiger partial charge on any atom is -0.420 e. The number of halogens is 2. The summed E-state index contributed by atoms with van der Waals surface area (Å²) in [6, 6.07) is 12.5. The predicted octanol–water partition coefficient (Wildman–Crippen LogP) is 3.60. The van der Waals surface area contributed by atoms with Gasteiger partial charge < -0.3 is 4.42 Å². The highest BCUT2D eigenvalue weighted by atomic mass is 35.5. The molecule has 2 heterocycles. The van der Waals surface area contributed by atoms with Crippen molar-refractivity contribution >= 4 is 23.2 Å². The van der Waals surface area contributed by atoms with Crippen molar-refractivity contribution in [1.82, 2.24) is 25.0 Å². The first-order chi connectivity index (χ1) is 14.3. The maximum absolute atomic E-state index is 12.0. The van der Waals surface area contributed by atoms with E-state index in [1.165, 1.54) is 12.1 Å². The third-order valence-electron chi connectivity index (χ3n) is 4.59. The highest BCUT2D eigenvalue weighted by Gasteiger charge is 2.34. The van der Waals surface area contributed by atoms with Crippen LogP contribution in [0.25, 0.3) is 17.1 Å². The van der Waals surface area contributed by atoms with Crippen LogP contribution in [0.5, 0.6) is 0 Å². The summed E-state index contributed by atoms with van der Waals surface area (Å²) in [6.45, 7) is 3.71. The normalized spacial score (nSPS) is 11.6. The number of aromatic amines is 1. The monoisotopic (exact) mass is 443 g/mol. The first kappa shape index (κ1) is 20.1. The van der Waals surface area contributed by atoms with E-state index in [-0.39, 0.29) is 10.0 Å². The van der Waals surface area contributed by atoms with Gasteiger partial charge in [0.2, 0.25) is 11.8 Å². The molecular formula is C20H15Cl2N5O3. The molecule has 2 aromatic carbocycles. The van der Waals surface area contributed by atoms with Crippen LogP contribution in [0.1, 0.15) is 25.3 Å². The fourth-order valence-electron chi connectivity index (χ4n) is 3.10. The van der Waals surface area contributed by atoms with Crippen LogP contribution in [-0.2, 0) is 5.41 Å². The number of hydrogen-bond donors (Lipinski definition) is 1. The molecule has 0 amide bonds. The largest absolute Gasteiger partial charge is 0.420 e. The van der Waals surface area contributed by atoms with Crippen LogP contribution in [0.2, 0.25) is 10.0 Å². The van der Waals surface area contributed by atoms with E-state index >= 15 is 0 Å². The van der Waals surface area contributed by atoms with Crippen molar-refractivity contribution in [1.29, 1.82) is 0 Å². The molecule has 30 heavy (non-hydrogen) atoms. The molecule has 0 bridgehead atoms. The summed E-state index contributed by atoms with van der Waals surface area (Å²) in [5.74, 6) is 0.712. The number of rotatable bonds is 4. The number of nitrogens with one attached hydrogen (secondary N) is 1. The highest BCUT2D eigenvalue weighted by Crippen LogP contribution is 2.41. The van der Waals surface area contributed by atoms with Crippen LogP contribution in [0.4, 0.5) is 0 Å². The number of nitrogens with zero attached hydrogens (tertiary/aromatic N) is 4. The topological polar surface area (TPSA) is 107 Å². The van der Waals surface area contributed by atoms with Crippen LogP contribution in [-0.4, -0.2) is 25.0 Å². The van der Waals surface area contributed by atoms with Crippen molar-refractivity contribution in [2.45, 2.75) is 19.3 Å². The van der Waals surface area contributed by atoms with Gasteiger partial charge >= 0.3 is 5.69 Å². The Balaban J connectivity index is 1.77. The fraction of sp³-hybridized carbons (Fsp3) is 0.150. The number of hydrogen-bond acceptors (Lipinski definition) is 6. The molecule has 0 saturated carbocycles. The SMILES string of the molecule is CC(C)(c1nnc(-c2ccccc2)o1)c1c(Cl)cc(-n2ncc(=O)[nH]c2=O)cc1Cl. The minimum absolute atomic E-state index is 0.280. The molecule has 0 unspecified atom stereocenters. The van der Waals surface area contributed by atoms with E-state index in [0.29, 0.717) is 23.0 Å². The van der Waals surface area contributed by atoms with Gasteiger partial charge in [0.05, 0.1) is 11.1 Å². The number of benzene rings is 2. The second kappa shape index (κ2) is 7.55. The van der Waals surface area contributed by atoms with Crippen molar-refractivity contribution in [2.75, 3.05) is 0 Å². The van der Waals surface area contributed by atoms with E-state index in [0.717, 1.165) is 16.4 Å². The Hall–Kier alpha value is -3.23. The number of aromatic nitrogens is 5. The standard InChI is InChI=1S/C20H15Cl2N5O3/c1-20(2,18-26-25-17(30-18)11-6-4-3-5-7-11)16-13(21)8-12(9-14(16)22)27-19(29)24-15(28)10-23-27/h3-10H,1-2H3,(H,24,28,29). The van der Waals surface area contributed by atoms with Crippen molar-refractivity contribution in [3.63, 3.8) is 0 Å². The third-order valence-corrected chi connectivity index (χ3v) is 5.19. The van der Waals surface area contributed by atoms with Gasteiger partial charge in [0.25, 0.3) is 5.56 Å². The summed E-state index contributed by atoms with van der Waals surface area (Å²) in [7, 11) is 0. The summed E-state index contributed by atoms with van der Waals surface area (Å²) in [5.41, 5.74) is -0.474. The average molecular weight is 444 g/mol. The maximum atomic E-state index is 12.0. The molecule has 0 spiro atoms. The van der Waals surface area contributed by atoms with E-state index < -0.39 is 16.7 Å². The molecule has 152 valence electrons. The van der Waals surface area contributed by atoms with E-state index in [1.807, 2.05) is 44.2 Å². The van der Waals surface area contributed by atoms with Gasteiger partial charge in [-0.25, -0.2) is 4.79 Å². The molecule has 0 aliphatic carbocycles. The van der Waals surface area contributed by atoms with E-state index in [2.05, 4.69) is 20.3 Å². The molecule has 4 aromatic rings. The van der Waals surface area contributed by atoms with Gasteiger partial charge in [-0.15, -0.1) is 10.2 Å². The van der Waals surface area contributed by atoms with E-state index in [4.69, 9.17) is 27.6 Å². The van der Waals surface area contributed by atoms with Crippen molar-refractivity contribution < 1.29 is 4.42 Å². The van der Waals surface area contributed by atoms with Crippen LogP contribution in [0.15, 0.2) is 62.7 Å². The molecule has 0 fully saturated rings. The van der Waals surface area contributed by atoms with Crippen LogP contribution in [0, 0.1) is 0 Å². The zero-order valence-corrected chi connectivity index (χ0v) is 17.4. The summed E-state index contributed by atoms with van der Waals surface area (Å²) in [5, 5.41) is 12.7. The Morgan fingerprint density at radius 3 is 2.33 bits per heavy atom. The Labute approximate surface area is 180 Å². The second-order valence-corrected chi connectivity index (χ2v) is 7.85.